The van der Waals surface area contributed by atoms with Gasteiger partial charge in [0.25, 0.3) is 0 Å². The SMILES string of the molecule is COc1cccc(C2(C)CC(F)CCN2)c1. The van der Waals surface area contributed by atoms with E-state index in [2.05, 4.69) is 5.32 Å². The van der Waals surface area contributed by atoms with Crippen LogP contribution in [0.1, 0.15) is 25.3 Å². The van der Waals surface area contributed by atoms with Crippen LogP contribution in [-0.4, -0.2) is 19.8 Å². The smallest absolute Gasteiger partial charge is 0.119 e. The molecule has 16 heavy (non-hydrogen) atoms. The molecule has 2 nitrogen and oxygen atoms in total. The summed E-state index contributed by atoms with van der Waals surface area (Å²) < 4.78 is 18.7. The maximum atomic E-state index is 13.5. The van der Waals surface area contributed by atoms with Gasteiger partial charge in [0.2, 0.25) is 0 Å². The number of halogens is 1. The van der Waals surface area contributed by atoms with Crippen LogP contribution in [0.5, 0.6) is 5.75 Å². The Morgan fingerprint density at radius 1 is 1.50 bits per heavy atom. The van der Waals surface area contributed by atoms with Gasteiger partial charge < -0.3 is 10.1 Å². The van der Waals surface area contributed by atoms with Crippen LogP contribution < -0.4 is 10.1 Å². The summed E-state index contributed by atoms with van der Waals surface area (Å²) in [6.45, 7) is 2.78. The number of hydrogen-bond acceptors (Lipinski definition) is 2. The molecule has 1 N–H and O–H groups in total. The molecule has 0 aliphatic carbocycles. The molecule has 1 fully saturated rings. The Hall–Kier alpha value is -1.09. The molecule has 1 aliphatic rings. The third-order valence-corrected chi connectivity index (χ3v) is 3.31. The van der Waals surface area contributed by atoms with Crippen molar-refractivity contribution in [2.45, 2.75) is 31.5 Å². The number of benzene rings is 1. The van der Waals surface area contributed by atoms with E-state index in [1.54, 1.807) is 7.11 Å². The summed E-state index contributed by atoms with van der Waals surface area (Å²) in [6, 6.07) is 7.85. The number of ether oxygens (including phenoxy) is 1. The Balaban J connectivity index is 2.27. The van der Waals surface area contributed by atoms with Gasteiger partial charge in [-0.1, -0.05) is 12.1 Å². The Morgan fingerprint density at radius 3 is 3.00 bits per heavy atom. The molecule has 1 saturated heterocycles. The van der Waals surface area contributed by atoms with Crippen molar-refractivity contribution in [3.05, 3.63) is 29.8 Å². The van der Waals surface area contributed by atoms with Gasteiger partial charge in [-0.25, -0.2) is 4.39 Å². The highest BCUT2D eigenvalue weighted by Crippen LogP contribution is 2.32. The van der Waals surface area contributed by atoms with Crippen molar-refractivity contribution in [3.63, 3.8) is 0 Å². The topological polar surface area (TPSA) is 21.3 Å². The van der Waals surface area contributed by atoms with Crippen LogP contribution in [0.4, 0.5) is 4.39 Å². The van der Waals surface area contributed by atoms with E-state index in [9.17, 15) is 4.39 Å². The lowest BCUT2D eigenvalue weighted by Gasteiger charge is -2.37. The standard InChI is InChI=1S/C13H18FNO/c1-13(9-11(14)6-7-15-13)10-4-3-5-12(8-10)16-2/h3-5,8,11,15H,6-7,9H2,1-2H3. The molecule has 3 heteroatoms. The zero-order chi connectivity index (χ0) is 11.6. The van der Waals surface area contributed by atoms with Crippen LogP contribution in [-0.2, 0) is 5.54 Å². The van der Waals surface area contributed by atoms with Crippen molar-refractivity contribution >= 4 is 0 Å². The van der Waals surface area contributed by atoms with E-state index in [1.165, 1.54) is 0 Å². The van der Waals surface area contributed by atoms with Gasteiger partial charge in [0, 0.05) is 12.0 Å². The molecule has 1 aliphatic heterocycles. The second-order valence-electron chi connectivity index (χ2n) is 4.58. The van der Waals surface area contributed by atoms with Crippen molar-refractivity contribution in [1.82, 2.24) is 5.32 Å². The van der Waals surface area contributed by atoms with Crippen LogP contribution in [0, 0.1) is 0 Å². The number of nitrogens with one attached hydrogen (secondary N) is 1. The van der Waals surface area contributed by atoms with Gasteiger partial charge in [-0.3, -0.25) is 0 Å². The zero-order valence-electron chi connectivity index (χ0n) is 9.79. The normalized spacial score (nSPS) is 30.1. The molecule has 0 bridgehead atoms. The first kappa shape index (κ1) is 11.4. The molecule has 88 valence electrons. The van der Waals surface area contributed by atoms with Crippen molar-refractivity contribution < 1.29 is 9.13 Å². The van der Waals surface area contributed by atoms with Gasteiger partial charge in [0.1, 0.15) is 11.9 Å². The summed E-state index contributed by atoms with van der Waals surface area (Å²) in [5.74, 6) is 0.821. The van der Waals surface area contributed by atoms with Gasteiger partial charge in [0.05, 0.1) is 7.11 Å². The van der Waals surface area contributed by atoms with Crippen LogP contribution in [0.3, 0.4) is 0 Å². The van der Waals surface area contributed by atoms with E-state index >= 15 is 0 Å². The number of rotatable bonds is 2. The predicted octanol–water partition coefficient (Wildman–Crippen LogP) is 2.63. The molecule has 1 heterocycles. The third kappa shape index (κ3) is 2.19. The molecule has 2 unspecified atom stereocenters. The average Bonchev–Trinajstić information content (AvgIpc) is 2.29. The third-order valence-electron chi connectivity index (χ3n) is 3.31. The van der Waals surface area contributed by atoms with Crippen molar-refractivity contribution in [2.75, 3.05) is 13.7 Å². The largest absolute Gasteiger partial charge is 0.497 e. The molecule has 2 atom stereocenters. The Kier molecular flexibility index (Phi) is 3.15. The first-order valence-electron chi connectivity index (χ1n) is 5.68. The average molecular weight is 223 g/mol. The van der Waals surface area contributed by atoms with Gasteiger partial charge in [-0.05, 0) is 37.6 Å². The lowest BCUT2D eigenvalue weighted by molar-refractivity contribution is 0.165. The van der Waals surface area contributed by atoms with E-state index in [0.717, 1.165) is 17.9 Å². The molecular formula is C13H18FNO. The van der Waals surface area contributed by atoms with E-state index in [1.807, 2.05) is 31.2 Å². The highest BCUT2D eigenvalue weighted by atomic mass is 19.1. The van der Waals surface area contributed by atoms with Gasteiger partial charge >= 0.3 is 0 Å². The zero-order valence-corrected chi connectivity index (χ0v) is 9.79. The highest BCUT2D eigenvalue weighted by molar-refractivity contribution is 5.33. The summed E-state index contributed by atoms with van der Waals surface area (Å²) in [6.07, 6.45) is 0.428. The minimum Gasteiger partial charge on any atom is -0.497 e. The van der Waals surface area contributed by atoms with Gasteiger partial charge in [0.15, 0.2) is 0 Å². The number of alkyl halides is 1. The minimum atomic E-state index is -0.711. The maximum Gasteiger partial charge on any atom is 0.119 e. The summed E-state index contributed by atoms with van der Waals surface area (Å²) in [5.41, 5.74) is 0.820. The first-order chi connectivity index (χ1) is 7.64. The fourth-order valence-electron chi connectivity index (χ4n) is 2.31. The first-order valence-corrected chi connectivity index (χ1v) is 5.68. The van der Waals surface area contributed by atoms with Gasteiger partial charge in [-0.15, -0.1) is 0 Å². The van der Waals surface area contributed by atoms with Crippen molar-refractivity contribution in [3.8, 4) is 5.75 Å². The van der Waals surface area contributed by atoms with Crippen LogP contribution in [0.25, 0.3) is 0 Å². The number of hydrogen-bond donors (Lipinski definition) is 1. The second kappa shape index (κ2) is 4.42. The summed E-state index contributed by atoms with van der Waals surface area (Å²) in [4.78, 5) is 0. The molecule has 0 radical (unpaired) electrons. The van der Waals surface area contributed by atoms with E-state index in [0.29, 0.717) is 12.8 Å². The van der Waals surface area contributed by atoms with E-state index < -0.39 is 6.17 Å². The second-order valence-corrected chi connectivity index (χ2v) is 4.58. The Bertz CT molecular complexity index is 369. The fraction of sp³-hybridized carbons (Fsp3) is 0.538. The lowest BCUT2D eigenvalue weighted by Crippen LogP contribution is -2.46. The molecule has 2 rings (SSSR count). The molecule has 0 spiro atoms. The predicted molar refractivity (Wildman–Crippen MR) is 62.5 cm³/mol. The molecule has 1 aromatic carbocycles. The van der Waals surface area contributed by atoms with Crippen molar-refractivity contribution in [2.24, 2.45) is 0 Å². The molecule has 0 aromatic heterocycles. The van der Waals surface area contributed by atoms with Crippen molar-refractivity contribution in [1.29, 1.82) is 0 Å². The molecule has 0 amide bonds. The summed E-state index contributed by atoms with van der Waals surface area (Å²) >= 11 is 0. The lowest BCUT2D eigenvalue weighted by atomic mass is 9.83. The number of piperidine rings is 1. The summed E-state index contributed by atoms with van der Waals surface area (Å²) in [7, 11) is 1.65. The van der Waals surface area contributed by atoms with Crippen LogP contribution in [0.15, 0.2) is 24.3 Å². The van der Waals surface area contributed by atoms with E-state index in [4.69, 9.17) is 4.74 Å². The monoisotopic (exact) mass is 223 g/mol. The Morgan fingerprint density at radius 2 is 2.31 bits per heavy atom. The summed E-state index contributed by atoms with van der Waals surface area (Å²) in [5, 5.41) is 3.40. The molecule has 0 saturated carbocycles. The van der Waals surface area contributed by atoms with Crippen LogP contribution >= 0.6 is 0 Å². The molecule has 1 aromatic rings. The Labute approximate surface area is 95.8 Å². The minimum absolute atomic E-state index is 0.272. The fourth-order valence-corrected chi connectivity index (χ4v) is 2.31. The molecular weight excluding hydrogens is 205 g/mol. The van der Waals surface area contributed by atoms with Crippen LogP contribution in [0.2, 0.25) is 0 Å². The van der Waals surface area contributed by atoms with Gasteiger partial charge in [-0.2, -0.15) is 0 Å². The highest BCUT2D eigenvalue weighted by Gasteiger charge is 2.33. The number of methoxy groups -OCH3 is 1. The maximum absolute atomic E-state index is 13.5. The quantitative estimate of drug-likeness (QED) is 0.832. The van der Waals surface area contributed by atoms with E-state index in [-0.39, 0.29) is 5.54 Å².